The van der Waals surface area contributed by atoms with Gasteiger partial charge in [-0.1, -0.05) is 6.92 Å². The zero-order valence-corrected chi connectivity index (χ0v) is 8.26. The lowest BCUT2D eigenvalue weighted by molar-refractivity contribution is 0.108. The Bertz CT molecular complexity index is 357. The van der Waals surface area contributed by atoms with Gasteiger partial charge in [-0.3, -0.25) is 9.48 Å². The molecule has 0 radical (unpaired) electrons. The van der Waals surface area contributed by atoms with Crippen molar-refractivity contribution in [2.24, 2.45) is 0 Å². The van der Waals surface area contributed by atoms with E-state index < -0.39 is 0 Å². The summed E-state index contributed by atoms with van der Waals surface area (Å²) in [6.45, 7) is 2.91. The minimum absolute atomic E-state index is 0.361. The predicted molar refractivity (Wildman–Crippen MR) is 50.1 cm³/mol. The van der Waals surface area contributed by atoms with E-state index in [1.54, 1.807) is 0 Å². The molecule has 0 amide bonds. The van der Waals surface area contributed by atoms with Gasteiger partial charge in [0.05, 0.1) is 17.0 Å². The molecule has 0 N–H and O–H groups in total. The molecule has 2 heterocycles. The summed E-state index contributed by atoms with van der Waals surface area (Å²) >= 11 is 5.52. The van der Waals surface area contributed by atoms with Crippen LogP contribution in [0.25, 0.3) is 0 Å². The fourth-order valence-corrected chi connectivity index (χ4v) is 2.08. The van der Waals surface area contributed by atoms with E-state index in [4.69, 9.17) is 11.6 Å². The molecule has 0 unspecified atom stereocenters. The van der Waals surface area contributed by atoms with E-state index in [2.05, 4.69) is 5.10 Å². The molecule has 0 aliphatic carbocycles. The van der Waals surface area contributed by atoms with Crippen molar-refractivity contribution in [3.8, 4) is 0 Å². The Hall–Kier alpha value is -0.830. The number of carbonyl (C=O) groups is 1. The molecule has 0 fully saturated rings. The third-order valence-electron chi connectivity index (χ3n) is 2.45. The summed E-state index contributed by atoms with van der Waals surface area (Å²) in [4.78, 5) is 11.2. The Morgan fingerprint density at radius 3 is 3.08 bits per heavy atom. The highest BCUT2D eigenvalue weighted by atomic mass is 35.5. The van der Waals surface area contributed by atoms with Gasteiger partial charge < -0.3 is 0 Å². The Labute approximate surface area is 81.7 Å². The fourth-order valence-electron chi connectivity index (χ4n) is 1.86. The van der Waals surface area contributed by atoms with Crippen LogP contribution in [0, 0.1) is 0 Å². The van der Waals surface area contributed by atoms with Crippen molar-refractivity contribution in [1.29, 1.82) is 0 Å². The second-order valence-electron chi connectivity index (χ2n) is 3.22. The predicted octanol–water partition coefficient (Wildman–Crippen LogP) is 1.77. The van der Waals surface area contributed by atoms with E-state index in [0.29, 0.717) is 5.56 Å². The normalized spacial score (nSPS) is 14.6. The van der Waals surface area contributed by atoms with Crippen LogP contribution < -0.4 is 0 Å². The molecule has 2 rings (SSSR count). The van der Waals surface area contributed by atoms with Crippen LogP contribution in [-0.2, 0) is 19.4 Å². The lowest BCUT2D eigenvalue weighted by atomic mass is 10.1. The molecule has 0 aromatic carbocycles. The Kier molecular flexibility index (Phi) is 2.12. The number of hydrogen-bond acceptors (Lipinski definition) is 2. The third kappa shape index (κ3) is 1.27. The van der Waals surface area contributed by atoms with Crippen LogP contribution in [-0.4, -0.2) is 15.0 Å². The highest BCUT2D eigenvalue weighted by molar-refractivity contribution is 6.68. The van der Waals surface area contributed by atoms with E-state index in [9.17, 15) is 4.79 Å². The molecular formula is C9H11ClN2O. The van der Waals surface area contributed by atoms with Crippen molar-refractivity contribution >= 4 is 16.8 Å². The number of nitrogens with zero attached hydrogens (tertiary/aromatic N) is 2. The van der Waals surface area contributed by atoms with Gasteiger partial charge in [0.2, 0.25) is 0 Å². The van der Waals surface area contributed by atoms with Crippen LogP contribution in [0.4, 0.5) is 0 Å². The van der Waals surface area contributed by atoms with Crippen LogP contribution in [0.3, 0.4) is 0 Å². The largest absolute Gasteiger partial charge is 0.275 e. The first-order valence-corrected chi connectivity index (χ1v) is 4.90. The van der Waals surface area contributed by atoms with Crippen LogP contribution in [0.15, 0.2) is 0 Å². The molecular weight excluding hydrogens is 188 g/mol. The molecule has 1 aromatic heterocycles. The molecule has 0 saturated carbocycles. The quantitative estimate of drug-likeness (QED) is 0.679. The van der Waals surface area contributed by atoms with Crippen molar-refractivity contribution in [1.82, 2.24) is 9.78 Å². The average molecular weight is 199 g/mol. The minimum atomic E-state index is -0.361. The van der Waals surface area contributed by atoms with Crippen molar-refractivity contribution in [3.63, 3.8) is 0 Å². The maximum absolute atomic E-state index is 11.2. The second-order valence-corrected chi connectivity index (χ2v) is 3.57. The van der Waals surface area contributed by atoms with Crippen LogP contribution >= 0.6 is 11.6 Å². The highest BCUT2D eigenvalue weighted by Crippen LogP contribution is 2.23. The van der Waals surface area contributed by atoms with E-state index in [0.717, 1.165) is 37.2 Å². The van der Waals surface area contributed by atoms with Gasteiger partial charge in [0.1, 0.15) is 0 Å². The molecule has 4 heteroatoms. The summed E-state index contributed by atoms with van der Waals surface area (Å²) in [6.07, 6.45) is 2.78. The summed E-state index contributed by atoms with van der Waals surface area (Å²) < 4.78 is 1.91. The fraction of sp³-hybridized carbons (Fsp3) is 0.556. The van der Waals surface area contributed by atoms with Gasteiger partial charge in [0, 0.05) is 6.54 Å². The average Bonchev–Trinajstić information content (AvgIpc) is 2.59. The van der Waals surface area contributed by atoms with E-state index in [1.165, 1.54) is 0 Å². The van der Waals surface area contributed by atoms with Crippen molar-refractivity contribution in [3.05, 3.63) is 17.0 Å². The highest BCUT2D eigenvalue weighted by Gasteiger charge is 2.24. The number of carbonyl (C=O) groups excluding carboxylic acids is 1. The molecule has 0 bridgehead atoms. The first-order chi connectivity index (χ1) is 6.24. The maximum Gasteiger partial charge on any atom is 0.256 e. The van der Waals surface area contributed by atoms with Gasteiger partial charge in [0.25, 0.3) is 5.24 Å². The summed E-state index contributed by atoms with van der Waals surface area (Å²) in [7, 11) is 0. The first-order valence-electron chi connectivity index (χ1n) is 4.52. The number of halogens is 1. The second kappa shape index (κ2) is 3.14. The zero-order valence-electron chi connectivity index (χ0n) is 7.51. The molecule has 0 spiro atoms. The number of hydrogen-bond donors (Lipinski definition) is 0. The standard InChI is InChI=1S/C9H11ClN2O/c1-2-6-8(9(10)13)7-4-3-5-12(7)11-6/h2-5H2,1H3. The van der Waals surface area contributed by atoms with Crippen LogP contribution in [0.2, 0.25) is 0 Å². The molecule has 1 aliphatic heterocycles. The molecule has 0 saturated heterocycles. The van der Waals surface area contributed by atoms with Gasteiger partial charge in [-0.15, -0.1) is 0 Å². The summed E-state index contributed by atoms with van der Waals surface area (Å²) in [5, 5.41) is 3.98. The Morgan fingerprint density at radius 2 is 2.46 bits per heavy atom. The zero-order chi connectivity index (χ0) is 9.42. The monoisotopic (exact) mass is 198 g/mol. The van der Waals surface area contributed by atoms with Gasteiger partial charge in [0.15, 0.2) is 0 Å². The smallest absolute Gasteiger partial charge is 0.256 e. The molecule has 1 aromatic rings. The van der Waals surface area contributed by atoms with Crippen molar-refractivity contribution < 1.29 is 4.79 Å². The number of aromatic nitrogens is 2. The van der Waals surface area contributed by atoms with Gasteiger partial charge in [-0.05, 0) is 30.9 Å². The topological polar surface area (TPSA) is 34.9 Å². The Balaban J connectivity index is 2.55. The lowest BCUT2D eigenvalue weighted by Gasteiger charge is -1.94. The van der Waals surface area contributed by atoms with E-state index in [-0.39, 0.29) is 5.24 Å². The first kappa shape index (κ1) is 8.75. The van der Waals surface area contributed by atoms with E-state index >= 15 is 0 Å². The van der Waals surface area contributed by atoms with Gasteiger partial charge in [-0.25, -0.2) is 0 Å². The Morgan fingerprint density at radius 1 is 1.69 bits per heavy atom. The number of aryl methyl sites for hydroxylation is 2. The minimum Gasteiger partial charge on any atom is -0.275 e. The number of rotatable bonds is 2. The van der Waals surface area contributed by atoms with Crippen molar-refractivity contribution in [2.75, 3.05) is 0 Å². The number of fused-ring (bicyclic) bond motifs is 1. The maximum atomic E-state index is 11.2. The van der Waals surface area contributed by atoms with Gasteiger partial charge in [-0.2, -0.15) is 5.10 Å². The third-order valence-corrected chi connectivity index (χ3v) is 2.63. The molecule has 70 valence electrons. The molecule has 3 nitrogen and oxygen atoms in total. The summed E-state index contributed by atoms with van der Waals surface area (Å²) in [5.41, 5.74) is 2.52. The van der Waals surface area contributed by atoms with Crippen LogP contribution in [0.5, 0.6) is 0 Å². The van der Waals surface area contributed by atoms with E-state index in [1.807, 2.05) is 11.6 Å². The molecule has 1 aliphatic rings. The molecule has 0 atom stereocenters. The SMILES string of the molecule is CCc1nn2c(c1C(=O)Cl)CCC2. The summed E-state index contributed by atoms with van der Waals surface area (Å²) in [5.74, 6) is 0. The van der Waals surface area contributed by atoms with Crippen LogP contribution in [0.1, 0.15) is 35.1 Å². The van der Waals surface area contributed by atoms with Crippen molar-refractivity contribution in [2.45, 2.75) is 32.7 Å². The summed E-state index contributed by atoms with van der Waals surface area (Å²) in [6, 6.07) is 0. The lowest BCUT2D eigenvalue weighted by Crippen LogP contribution is -1.97. The van der Waals surface area contributed by atoms with Gasteiger partial charge >= 0.3 is 0 Å². The molecule has 13 heavy (non-hydrogen) atoms.